The van der Waals surface area contributed by atoms with Gasteiger partial charge in [-0.1, -0.05) is 18.5 Å². The predicted molar refractivity (Wildman–Crippen MR) is 59.8 cm³/mol. The third-order valence-corrected chi connectivity index (χ3v) is 3.55. The summed E-state index contributed by atoms with van der Waals surface area (Å²) in [7, 11) is 0. The van der Waals surface area contributed by atoms with E-state index in [4.69, 9.17) is 11.6 Å². The lowest BCUT2D eigenvalue weighted by Gasteiger charge is -2.24. The average Bonchev–Trinajstić information content (AvgIpc) is 2.71. The van der Waals surface area contributed by atoms with Crippen LogP contribution in [0.3, 0.4) is 0 Å². The number of rotatable bonds is 2. The number of nitrogens with zero attached hydrogens (tertiary/aromatic N) is 2. The summed E-state index contributed by atoms with van der Waals surface area (Å²) >= 11 is 6.10. The Morgan fingerprint density at radius 3 is 3.00 bits per heavy atom. The first-order valence-corrected chi connectivity index (χ1v) is 5.89. The van der Waals surface area contributed by atoms with Gasteiger partial charge in [0.25, 0.3) is 0 Å². The van der Waals surface area contributed by atoms with Gasteiger partial charge in [-0.05, 0) is 32.1 Å². The van der Waals surface area contributed by atoms with Gasteiger partial charge in [0.15, 0.2) is 0 Å². The van der Waals surface area contributed by atoms with Crippen molar-refractivity contribution in [3.05, 3.63) is 16.9 Å². The molecule has 0 spiro atoms. The first-order chi connectivity index (χ1) is 7.07. The minimum absolute atomic E-state index is 0.561. The Morgan fingerprint density at radius 2 is 2.47 bits per heavy atom. The maximum atomic E-state index is 10.6. The van der Waals surface area contributed by atoms with Gasteiger partial charge in [0.2, 0.25) is 0 Å². The van der Waals surface area contributed by atoms with Crippen LogP contribution in [0, 0.1) is 5.92 Å². The maximum absolute atomic E-state index is 10.6. The molecule has 1 aliphatic carbocycles. The van der Waals surface area contributed by atoms with Crippen molar-refractivity contribution in [1.29, 1.82) is 0 Å². The zero-order valence-corrected chi connectivity index (χ0v) is 9.96. The van der Waals surface area contributed by atoms with Gasteiger partial charge in [-0.2, -0.15) is 5.10 Å². The molecule has 1 heterocycles. The number of aromatic nitrogens is 2. The molecule has 0 aromatic carbocycles. The maximum Gasteiger partial charge on any atom is 0.108 e. The Bertz CT molecular complexity index is 363. The average molecular weight is 229 g/mol. The molecule has 0 aliphatic heterocycles. The third kappa shape index (κ3) is 1.79. The molecule has 0 amide bonds. The molecule has 84 valence electrons. The fourth-order valence-electron chi connectivity index (χ4n) is 2.55. The molecule has 1 aromatic heterocycles. The van der Waals surface area contributed by atoms with Gasteiger partial charge < -0.3 is 5.11 Å². The summed E-state index contributed by atoms with van der Waals surface area (Å²) in [5.74, 6) is 0.561. The lowest BCUT2D eigenvalue weighted by Crippen LogP contribution is -2.26. The molecule has 1 saturated carbocycles. The first kappa shape index (κ1) is 11.0. The van der Waals surface area contributed by atoms with E-state index in [-0.39, 0.29) is 0 Å². The number of hydrogen-bond acceptors (Lipinski definition) is 2. The lowest BCUT2D eigenvalue weighted by atomic mass is 9.96. The molecule has 15 heavy (non-hydrogen) atoms. The van der Waals surface area contributed by atoms with E-state index >= 15 is 0 Å². The first-order valence-electron chi connectivity index (χ1n) is 5.51. The van der Waals surface area contributed by atoms with Gasteiger partial charge in [0, 0.05) is 6.54 Å². The van der Waals surface area contributed by atoms with E-state index in [0.717, 1.165) is 31.5 Å². The van der Waals surface area contributed by atoms with Gasteiger partial charge >= 0.3 is 0 Å². The quantitative estimate of drug-likeness (QED) is 0.845. The summed E-state index contributed by atoms with van der Waals surface area (Å²) in [4.78, 5) is 0. The van der Waals surface area contributed by atoms with E-state index in [9.17, 15) is 5.11 Å². The zero-order chi connectivity index (χ0) is 11.1. The van der Waals surface area contributed by atoms with Crippen molar-refractivity contribution < 1.29 is 5.11 Å². The third-order valence-electron chi connectivity index (χ3n) is 3.27. The second kappa shape index (κ2) is 3.80. The summed E-state index contributed by atoms with van der Waals surface area (Å²) in [6.45, 7) is 4.92. The van der Waals surface area contributed by atoms with Crippen molar-refractivity contribution in [3.8, 4) is 0 Å². The van der Waals surface area contributed by atoms with Crippen LogP contribution in [0.1, 0.15) is 38.8 Å². The highest BCUT2D eigenvalue weighted by atomic mass is 35.5. The number of halogens is 1. The molecular weight excluding hydrogens is 212 g/mol. The van der Waals surface area contributed by atoms with Crippen molar-refractivity contribution >= 4 is 11.6 Å². The van der Waals surface area contributed by atoms with Crippen LogP contribution in [0.25, 0.3) is 0 Å². The molecule has 1 fully saturated rings. The Hall–Kier alpha value is -0.540. The summed E-state index contributed by atoms with van der Waals surface area (Å²) in [6.07, 6.45) is 4.26. The molecular formula is C11H17ClN2O. The van der Waals surface area contributed by atoms with Gasteiger partial charge in [0.05, 0.1) is 16.9 Å². The fourth-order valence-corrected chi connectivity index (χ4v) is 2.86. The Labute approximate surface area is 95.0 Å². The molecule has 1 aliphatic rings. The molecule has 0 radical (unpaired) electrons. The van der Waals surface area contributed by atoms with Crippen LogP contribution >= 0.6 is 11.6 Å². The highest BCUT2D eigenvalue weighted by molar-refractivity contribution is 6.31. The lowest BCUT2D eigenvalue weighted by molar-refractivity contribution is 0.0317. The predicted octanol–water partition coefficient (Wildman–Crippen LogP) is 2.56. The summed E-state index contributed by atoms with van der Waals surface area (Å²) in [6, 6.07) is 0. The Balaban J connectivity index is 2.39. The van der Waals surface area contributed by atoms with Crippen LogP contribution < -0.4 is 0 Å². The molecule has 2 rings (SSSR count). The van der Waals surface area contributed by atoms with E-state index in [1.807, 2.05) is 6.92 Å². The number of hydrogen-bond donors (Lipinski definition) is 1. The van der Waals surface area contributed by atoms with Crippen LogP contribution in [-0.2, 0) is 12.1 Å². The smallest absolute Gasteiger partial charge is 0.108 e. The van der Waals surface area contributed by atoms with Crippen LogP contribution in [0.5, 0.6) is 0 Å². The SMILES string of the molecule is CCn1ncc(Cl)c1C1(O)CCC(C)C1. The van der Waals surface area contributed by atoms with Gasteiger partial charge in [-0.15, -0.1) is 0 Å². The zero-order valence-electron chi connectivity index (χ0n) is 9.20. The van der Waals surface area contributed by atoms with E-state index in [1.54, 1.807) is 10.9 Å². The molecule has 2 atom stereocenters. The number of aryl methyl sites for hydroxylation is 1. The van der Waals surface area contributed by atoms with Crippen LogP contribution in [0.4, 0.5) is 0 Å². The molecule has 1 N–H and O–H groups in total. The highest BCUT2D eigenvalue weighted by Crippen LogP contribution is 2.44. The molecule has 0 saturated heterocycles. The van der Waals surface area contributed by atoms with E-state index in [0.29, 0.717) is 10.9 Å². The number of aliphatic hydroxyl groups is 1. The summed E-state index contributed by atoms with van der Waals surface area (Å²) < 4.78 is 1.81. The largest absolute Gasteiger partial charge is 0.384 e. The van der Waals surface area contributed by atoms with Crippen LogP contribution in [-0.4, -0.2) is 14.9 Å². The molecule has 0 bridgehead atoms. The fraction of sp³-hybridized carbons (Fsp3) is 0.727. The van der Waals surface area contributed by atoms with E-state index in [2.05, 4.69) is 12.0 Å². The summed E-state index contributed by atoms with van der Waals surface area (Å²) in [5, 5.41) is 15.3. The second-order valence-corrected chi connectivity index (χ2v) is 4.94. The standard InChI is InChI=1S/C11H17ClN2O/c1-3-14-10(9(12)7-13-14)11(15)5-4-8(2)6-11/h7-8,15H,3-6H2,1-2H3. The van der Waals surface area contributed by atoms with Crippen molar-refractivity contribution in [3.63, 3.8) is 0 Å². The van der Waals surface area contributed by atoms with Crippen molar-refractivity contribution in [1.82, 2.24) is 9.78 Å². The summed E-state index contributed by atoms with van der Waals surface area (Å²) in [5.41, 5.74) is 0.0410. The van der Waals surface area contributed by atoms with Gasteiger partial charge in [-0.3, -0.25) is 4.68 Å². The van der Waals surface area contributed by atoms with Crippen LogP contribution in [0.2, 0.25) is 5.02 Å². The molecule has 1 aromatic rings. The monoisotopic (exact) mass is 228 g/mol. The van der Waals surface area contributed by atoms with E-state index < -0.39 is 5.60 Å². The topological polar surface area (TPSA) is 38.0 Å². The Kier molecular flexibility index (Phi) is 2.77. The normalized spacial score (nSPS) is 31.1. The minimum Gasteiger partial charge on any atom is -0.384 e. The second-order valence-electron chi connectivity index (χ2n) is 4.54. The van der Waals surface area contributed by atoms with Crippen LogP contribution in [0.15, 0.2) is 6.20 Å². The molecule has 2 unspecified atom stereocenters. The van der Waals surface area contributed by atoms with Crippen molar-refractivity contribution in [2.75, 3.05) is 0 Å². The van der Waals surface area contributed by atoms with Crippen molar-refractivity contribution in [2.24, 2.45) is 5.92 Å². The van der Waals surface area contributed by atoms with Gasteiger partial charge in [-0.25, -0.2) is 0 Å². The Morgan fingerprint density at radius 1 is 1.73 bits per heavy atom. The molecule has 3 nitrogen and oxygen atoms in total. The van der Waals surface area contributed by atoms with Gasteiger partial charge in [0.1, 0.15) is 5.60 Å². The molecule has 4 heteroatoms. The highest BCUT2D eigenvalue weighted by Gasteiger charge is 2.40. The van der Waals surface area contributed by atoms with Crippen molar-refractivity contribution in [2.45, 2.75) is 45.3 Å². The minimum atomic E-state index is -0.761. The van der Waals surface area contributed by atoms with E-state index in [1.165, 1.54) is 0 Å².